The molecule has 7 atom stereocenters. The molecular weight excluding hydrogens is 1260 g/mol. The molecule has 23 heteroatoms. The third-order valence-corrected chi connectivity index (χ3v) is 19.5. The summed E-state index contributed by atoms with van der Waals surface area (Å²) in [6.45, 7) is 44.4. The zero-order chi connectivity index (χ0) is 76.0. The molecule has 4 rings (SSSR count). The van der Waals surface area contributed by atoms with Gasteiger partial charge < -0.3 is 50.4 Å². The molecule has 0 heterocycles. The van der Waals surface area contributed by atoms with Gasteiger partial charge in [0.1, 0.15) is 38.6 Å². The van der Waals surface area contributed by atoms with Gasteiger partial charge in [-0.15, -0.1) is 0 Å². The number of aliphatic carboxylic acids is 1. The van der Waals surface area contributed by atoms with Crippen LogP contribution in [0, 0.1) is 56.7 Å². The summed E-state index contributed by atoms with van der Waals surface area (Å²) in [5, 5.41) is 36.7. The van der Waals surface area contributed by atoms with Crippen molar-refractivity contribution in [2.24, 2.45) is 62.4 Å². The number of rotatable bonds is 26. The molecular formula is C73H126N2O20S. The molecule has 22 nitrogen and oxygen atoms in total. The van der Waals surface area contributed by atoms with E-state index in [1.54, 1.807) is 46.8 Å². The lowest BCUT2D eigenvalue weighted by Crippen LogP contribution is -2.53. The van der Waals surface area contributed by atoms with Gasteiger partial charge in [0.25, 0.3) is 10.1 Å². The Morgan fingerprint density at radius 3 is 1.33 bits per heavy atom. The number of aliphatic hydroxyl groups is 2. The highest BCUT2D eigenvalue weighted by atomic mass is 32.2. The number of carboxylic acid groups (broad SMARTS) is 2. The Balaban J connectivity index is -0.000000512. The average Bonchev–Trinajstić information content (AvgIpc) is 1.61. The molecule has 2 fully saturated rings. The lowest BCUT2D eigenvalue weighted by molar-refractivity contribution is -0.159. The lowest BCUT2D eigenvalue weighted by Gasteiger charge is -2.29. The third-order valence-electron chi connectivity index (χ3n) is 18.1. The Hall–Kier alpha value is -6.30. The number of esters is 4. The van der Waals surface area contributed by atoms with E-state index in [4.69, 9.17) is 49.7 Å². The van der Waals surface area contributed by atoms with Gasteiger partial charge in [-0.25, -0.2) is 4.79 Å². The summed E-state index contributed by atoms with van der Waals surface area (Å²) in [6.07, 6.45) is 7.29. The molecule has 7 unspecified atom stereocenters. The van der Waals surface area contributed by atoms with Crippen molar-refractivity contribution in [3.05, 3.63) is 71.3 Å². The number of hydrogen-bond donors (Lipinski definition) is 7. The number of hydrogen-bond acceptors (Lipinski definition) is 17. The normalized spacial score (nSPS) is 16.9. The first kappa shape index (κ1) is 96.1. The first-order chi connectivity index (χ1) is 43.9. The Kier molecular flexibility index (Phi) is 46.1. The van der Waals surface area contributed by atoms with Crippen LogP contribution in [0.25, 0.3) is 0 Å². The van der Waals surface area contributed by atoms with E-state index >= 15 is 0 Å². The second kappa shape index (κ2) is 46.1. The smallest absolute Gasteiger partial charge is 0.335 e. The van der Waals surface area contributed by atoms with Crippen LogP contribution in [-0.4, -0.2) is 124 Å². The van der Waals surface area contributed by atoms with Gasteiger partial charge in [0, 0.05) is 10.8 Å². The molecule has 2 amide bonds. The predicted octanol–water partition coefficient (Wildman–Crippen LogP) is 13.4. The third kappa shape index (κ3) is 38.6. The van der Waals surface area contributed by atoms with E-state index in [0.717, 1.165) is 50.0 Å². The molecule has 554 valence electrons. The molecule has 2 aliphatic rings. The highest BCUT2D eigenvalue weighted by Crippen LogP contribution is 2.55. The Labute approximate surface area is 575 Å². The number of nitrogens with two attached hydrogens (primary N) is 1. The second-order valence-corrected chi connectivity index (χ2v) is 30.2. The van der Waals surface area contributed by atoms with Gasteiger partial charge in [0.15, 0.2) is 4.87 Å². The van der Waals surface area contributed by atoms with Crippen LogP contribution in [0.1, 0.15) is 258 Å². The van der Waals surface area contributed by atoms with E-state index < -0.39 is 55.0 Å². The number of fused-ring (bicyclic) bond motifs is 2. The van der Waals surface area contributed by atoms with Crippen molar-refractivity contribution in [2.45, 2.75) is 254 Å². The maximum atomic E-state index is 11.7. The maximum absolute atomic E-state index is 11.7. The molecule has 2 aliphatic carbocycles. The van der Waals surface area contributed by atoms with Gasteiger partial charge in [0.05, 0.1) is 40.4 Å². The number of Topliss-reactive ketones (excluding diaryl/α,β-unsaturated/α-hetero) is 1. The fraction of sp³-hybridized carbons (Fsp3) is 0.712. The minimum absolute atomic E-state index is 0.0162. The van der Waals surface area contributed by atoms with Gasteiger partial charge in [-0.2, -0.15) is 8.42 Å². The minimum atomic E-state index is -4.30. The summed E-state index contributed by atoms with van der Waals surface area (Å²) in [7, 11) is -4.30. The van der Waals surface area contributed by atoms with Crippen LogP contribution in [0.5, 0.6) is 0 Å². The van der Waals surface area contributed by atoms with Gasteiger partial charge in [-0.3, -0.25) is 42.9 Å². The van der Waals surface area contributed by atoms with Crippen molar-refractivity contribution in [1.29, 1.82) is 0 Å². The van der Waals surface area contributed by atoms with Crippen LogP contribution < -0.4 is 11.1 Å². The monoisotopic (exact) mass is 1380 g/mol. The number of nitrogens with one attached hydrogen (secondary N) is 1. The van der Waals surface area contributed by atoms with Gasteiger partial charge in [-0.05, 0) is 180 Å². The number of carbonyl (C=O) groups excluding carboxylic acids is 7. The first-order valence-electron chi connectivity index (χ1n) is 33.5. The van der Waals surface area contributed by atoms with Gasteiger partial charge in [-0.1, -0.05) is 139 Å². The van der Waals surface area contributed by atoms with Crippen molar-refractivity contribution >= 4 is 63.5 Å². The van der Waals surface area contributed by atoms with E-state index in [1.165, 1.54) is 32.8 Å². The number of ether oxygens (including phenoxy) is 4. The Morgan fingerprint density at radius 1 is 0.594 bits per heavy atom. The van der Waals surface area contributed by atoms with Crippen molar-refractivity contribution in [2.75, 3.05) is 26.4 Å². The largest absolute Gasteiger partial charge is 0.481 e. The van der Waals surface area contributed by atoms with Crippen LogP contribution in [0.2, 0.25) is 0 Å². The molecule has 2 saturated carbocycles. The number of primary amides is 1. The Bertz CT molecular complexity index is 2750. The number of carbonyl (C=O) groups is 9. The van der Waals surface area contributed by atoms with Crippen LogP contribution in [0.3, 0.4) is 0 Å². The number of amides is 2. The topological polar surface area (TPSA) is 364 Å². The van der Waals surface area contributed by atoms with Crippen LogP contribution in [0.15, 0.2) is 54.6 Å². The quantitative estimate of drug-likeness (QED) is 0.0151. The molecule has 96 heavy (non-hydrogen) atoms. The second-order valence-electron chi connectivity index (χ2n) is 28.2. The summed E-state index contributed by atoms with van der Waals surface area (Å²) < 4.78 is 50.4. The highest BCUT2D eigenvalue weighted by Gasteiger charge is 2.51. The van der Waals surface area contributed by atoms with Crippen molar-refractivity contribution < 1.29 is 95.5 Å². The molecule has 0 radical (unpaired) electrons. The number of aromatic carboxylic acids is 1. The lowest BCUT2D eigenvalue weighted by atomic mass is 9.76. The first-order valence-corrected chi connectivity index (χ1v) is 35.0. The molecule has 2 aromatic rings. The summed E-state index contributed by atoms with van der Waals surface area (Å²) in [4.78, 5) is 97.7. The molecule has 8 N–H and O–H groups in total. The highest BCUT2D eigenvalue weighted by molar-refractivity contribution is 7.87. The van der Waals surface area contributed by atoms with E-state index in [-0.39, 0.29) is 85.3 Å². The number of benzene rings is 2. The van der Waals surface area contributed by atoms with Crippen molar-refractivity contribution in [3.8, 4) is 0 Å². The molecule has 0 aromatic heterocycles. The summed E-state index contributed by atoms with van der Waals surface area (Å²) in [5.41, 5.74) is 5.33. The molecule has 0 saturated heterocycles. The fourth-order valence-electron chi connectivity index (χ4n) is 7.68. The van der Waals surface area contributed by atoms with Crippen LogP contribution in [0.4, 0.5) is 0 Å². The van der Waals surface area contributed by atoms with Gasteiger partial charge in [0.2, 0.25) is 11.8 Å². The summed E-state index contributed by atoms with van der Waals surface area (Å²) in [6, 6.07) is 16.8. The summed E-state index contributed by atoms with van der Waals surface area (Å²) in [5.74, 6) is -0.550. The van der Waals surface area contributed by atoms with Gasteiger partial charge >= 0.3 is 35.8 Å². The predicted molar refractivity (Wildman–Crippen MR) is 375 cm³/mol. The number of ketones is 1. The maximum Gasteiger partial charge on any atom is 0.335 e. The average molecular weight is 1380 g/mol. The van der Waals surface area contributed by atoms with Crippen molar-refractivity contribution in [1.82, 2.24) is 5.32 Å². The zero-order valence-electron chi connectivity index (χ0n) is 62.7. The minimum Gasteiger partial charge on any atom is -0.481 e. The fourth-order valence-corrected chi connectivity index (χ4v) is 7.90. The van der Waals surface area contributed by atoms with E-state index in [1.807, 2.05) is 126 Å². The van der Waals surface area contributed by atoms with Crippen LogP contribution >= 0.6 is 0 Å². The number of carboxylic acids is 2. The molecule has 0 aliphatic heterocycles. The summed E-state index contributed by atoms with van der Waals surface area (Å²) >= 11 is 0. The molecule has 2 bridgehead atoms. The van der Waals surface area contributed by atoms with Crippen LogP contribution in [-0.2, 0) is 74.0 Å². The zero-order valence-corrected chi connectivity index (χ0v) is 63.5. The van der Waals surface area contributed by atoms with E-state index in [9.17, 15) is 51.6 Å². The van der Waals surface area contributed by atoms with Crippen molar-refractivity contribution in [3.63, 3.8) is 0 Å². The Morgan fingerprint density at radius 2 is 1.01 bits per heavy atom. The SMILES string of the molecule is CC1C2CC(C(=O)O)C(C2)C1C.CCC(C)(C)C(=O)NC(C)(C)S(=O)(=O)O.CCC(C)(C)C(=O)OCCO.CCC(C)(C)C(=O)OCCOC(=O)CC(C)=O.CCC(C)(C)C(=O)OCc1ccccc1.CCC(C)(C)C(N)=O.CCC(C)O.CCC(C)c1ccc(C(=O)O)cc1. The molecule has 0 spiro atoms. The van der Waals surface area contributed by atoms with E-state index in [0.29, 0.717) is 48.7 Å². The molecule has 2 aromatic carbocycles. The van der Waals surface area contributed by atoms with E-state index in [2.05, 4.69) is 33.0 Å². The standard InChI is InChI=1S/C13H18O2.C12H20O5.C11H14O2.C10H16O2.C9H19NO4S.C8H16O3.C6H13NO.C4H10O/c1-4-13(2,3)12(14)15-10-11-8-6-5-7-9-11;1-5-12(3,4)11(15)17-7-6-16-10(14)8-9(2)13;1-3-8(2)9-4-6-10(7-5-9)11(12)13;1-5-6(2)8-3-7(5)4-9(8)10(11)12;1-6-8(2,3)7(11)10-9(4,5)15(12,13)14;1-4-8(2,3)7(10)11-6-5-9;1-4-6(2,3)5(7)8;1-3-4(2)5/h5-9H,4,10H2,1-3H3;5-8H2,1-4H3;4-8H,3H2,1-2H3,(H,12,13);5-9H,3-4H2,1-2H3,(H,11,12);6H2,1-5H3,(H,10,11)(H,12,13,14);9H,4-6H2,1-3H3;4H2,1-3H3,(H2,7,8);4-5H,3H2,1-2H3. The number of aliphatic hydroxyl groups excluding tert-OH is 2.